The van der Waals surface area contributed by atoms with Crippen molar-refractivity contribution in [2.75, 3.05) is 53.9 Å². The number of aliphatic imine (C=N–C) groups is 1. The zero-order valence-corrected chi connectivity index (χ0v) is 21.3. The average Bonchev–Trinajstić information content (AvgIpc) is 3.12. The summed E-state index contributed by atoms with van der Waals surface area (Å²) in [6, 6.07) is 0.582. The smallest absolute Gasteiger partial charge is 0.234 e. The summed E-state index contributed by atoms with van der Waals surface area (Å²) >= 11 is 0. The number of hydrogen-bond donors (Lipinski definition) is 3. The number of piperidine rings is 1. The van der Waals surface area contributed by atoms with Crippen molar-refractivity contribution in [3.05, 3.63) is 18.0 Å². The van der Waals surface area contributed by atoms with Gasteiger partial charge in [0.25, 0.3) is 0 Å². The van der Waals surface area contributed by atoms with E-state index in [2.05, 4.69) is 63.1 Å². The van der Waals surface area contributed by atoms with E-state index in [1.165, 1.54) is 5.56 Å². The predicted molar refractivity (Wildman–Crippen MR) is 132 cm³/mol. The number of nitrogens with one attached hydrogen (secondary N) is 3. The van der Waals surface area contributed by atoms with Gasteiger partial charge in [0.05, 0.1) is 18.8 Å². The number of aromatic nitrogens is 2. The third-order valence-corrected chi connectivity index (χ3v) is 5.29. The van der Waals surface area contributed by atoms with Crippen molar-refractivity contribution in [1.29, 1.82) is 0 Å². The van der Waals surface area contributed by atoms with Crippen LogP contribution in [0, 0.1) is 0 Å². The maximum Gasteiger partial charge on any atom is 0.234 e. The van der Waals surface area contributed by atoms with E-state index in [0.717, 1.165) is 51.4 Å². The Bertz CT molecular complexity index is 655. The highest BCUT2D eigenvalue weighted by Crippen LogP contribution is 2.16. The molecule has 2 rings (SSSR count). The van der Waals surface area contributed by atoms with Crippen molar-refractivity contribution in [2.24, 2.45) is 12.0 Å². The Balaban J connectivity index is 0.00000450. The van der Waals surface area contributed by atoms with E-state index in [4.69, 9.17) is 0 Å². The Morgan fingerprint density at radius 3 is 2.57 bits per heavy atom. The molecule has 0 aromatic carbocycles. The third kappa shape index (κ3) is 8.76. The Morgan fingerprint density at radius 2 is 2.03 bits per heavy atom. The molecule has 1 saturated heterocycles. The zero-order valence-electron chi connectivity index (χ0n) is 19.0. The second kappa shape index (κ2) is 13.8. The first-order valence-corrected chi connectivity index (χ1v) is 10.5. The molecule has 1 aliphatic rings. The van der Waals surface area contributed by atoms with Crippen LogP contribution in [-0.2, 0) is 11.8 Å². The summed E-state index contributed by atoms with van der Waals surface area (Å²) in [6.45, 7) is 5.90. The highest BCUT2D eigenvalue weighted by Gasteiger charge is 2.22. The lowest BCUT2D eigenvalue weighted by atomic mass is 10.1. The Morgan fingerprint density at radius 1 is 1.33 bits per heavy atom. The third-order valence-electron chi connectivity index (χ3n) is 5.29. The van der Waals surface area contributed by atoms with Crippen LogP contribution in [0.5, 0.6) is 0 Å². The minimum Gasteiger partial charge on any atom is -0.355 e. The highest BCUT2D eigenvalue weighted by atomic mass is 127. The van der Waals surface area contributed by atoms with Crippen LogP contribution in [0.1, 0.15) is 37.8 Å². The normalized spacial score (nSPS) is 16.8. The summed E-state index contributed by atoms with van der Waals surface area (Å²) in [4.78, 5) is 20.7. The standard InChI is InChI=1S/C20H38N8O.HI/c1-6-9-22-19(29)15-28-10-7-17(8-11-28)25-20(21-2)23-13-18(26(3)4)16-12-24-27(5)14-16;/h12,14,17-18H,6-11,13,15H2,1-5H3,(H,22,29)(H2,21,23,25);1H. The lowest BCUT2D eigenvalue weighted by molar-refractivity contribution is -0.122. The molecule has 3 N–H and O–H groups in total. The highest BCUT2D eigenvalue weighted by molar-refractivity contribution is 14.0. The monoisotopic (exact) mass is 534 g/mol. The Labute approximate surface area is 198 Å². The van der Waals surface area contributed by atoms with Gasteiger partial charge in [-0.2, -0.15) is 5.10 Å². The van der Waals surface area contributed by atoms with Crippen molar-refractivity contribution in [3.8, 4) is 0 Å². The molecule has 1 amide bonds. The first kappa shape index (κ1) is 26.6. The summed E-state index contributed by atoms with van der Waals surface area (Å²) in [5, 5.41) is 14.2. The summed E-state index contributed by atoms with van der Waals surface area (Å²) in [7, 11) is 7.88. The van der Waals surface area contributed by atoms with Gasteiger partial charge in [0.15, 0.2) is 5.96 Å². The number of halogens is 1. The van der Waals surface area contributed by atoms with Crippen molar-refractivity contribution in [1.82, 2.24) is 35.5 Å². The van der Waals surface area contributed by atoms with Gasteiger partial charge >= 0.3 is 0 Å². The number of amides is 1. The summed E-state index contributed by atoms with van der Waals surface area (Å²) in [6.07, 6.45) is 6.94. The molecule has 1 aromatic rings. The van der Waals surface area contributed by atoms with E-state index >= 15 is 0 Å². The number of carbonyl (C=O) groups is 1. The molecule has 0 radical (unpaired) electrons. The SMILES string of the molecule is CCCNC(=O)CN1CCC(NC(=NC)NCC(c2cnn(C)c2)N(C)C)CC1.I. The maximum atomic E-state index is 11.9. The van der Waals surface area contributed by atoms with E-state index in [1.807, 2.05) is 17.9 Å². The Hall–Kier alpha value is -1.40. The van der Waals surface area contributed by atoms with Crippen molar-refractivity contribution < 1.29 is 4.79 Å². The van der Waals surface area contributed by atoms with Gasteiger partial charge in [-0.1, -0.05) is 6.92 Å². The van der Waals surface area contributed by atoms with E-state index in [1.54, 1.807) is 7.05 Å². The van der Waals surface area contributed by atoms with E-state index in [-0.39, 0.29) is 35.9 Å². The molecule has 1 aromatic heterocycles. The van der Waals surface area contributed by atoms with Crippen molar-refractivity contribution in [2.45, 2.75) is 38.3 Å². The second-order valence-electron chi connectivity index (χ2n) is 7.92. The van der Waals surface area contributed by atoms with Crippen LogP contribution in [0.25, 0.3) is 0 Å². The summed E-state index contributed by atoms with van der Waals surface area (Å²) in [5.41, 5.74) is 1.18. The number of rotatable bonds is 9. The summed E-state index contributed by atoms with van der Waals surface area (Å²) in [5.74, 6) is 0.945. The maximum absolute atomic E-state index is 11.9. The minimum atomic E-state index is 0. The number of aryl methyl sites for hydroxylation is 1. The summed E-state index contributed by atoms with van der Waals surface area (Å²) < 4.78 is 1.83. The van der Waals surface area contributed by atoms with Gasteiger partial charge in [-0.05, 0) is 33.4 Å². The molecule has 1 unspecified atom stereocenters. The van der Waals surface area contributed by atoms with Crippen molar-refractivity contribution in [3.63, 3.8) is 0 Å². The molecular formula is C20H39IN8O. The number of nitrogens with zero attached hydrogens (tertiary/aromatic N) is 5. The largest absolute Gasteiger partial charge is 0.355 e. The van der Waals surface area contributed by atoms with Crippen molar-refractivity contribution >= 4 is 35.8 Å². The quantitative estimate of drug-likeness (QED) is 0.247. The van der Waals surface area contributed by atoms with Gasteiger partial charge in [0.2, 0.25) is 5.91 Å². The molecular weight excluding hydrogens is 495 g/mol. The van der Waals surface area contributed by atoms with Gasteiger partial charge in [0, 0.05) is 58.1 Å². The van der Waals surface area contributed by atoms with Crippen LogP contribution in [0.15, 0.2) is 17.4 Å². The predicted octanol–water partition coefficient (Wildman–Crippen LogP) is 0.796. The fourth-order valence-corrected chi connectivity index (χ4v) is 3.55. The molecule has 0 spiro atoms. The van der Waals surface area contributed by atoms with Gasteiger partial charge in [-0.15, -0.1) is 24.0 Å². The number of hydrogen-bond acceptors (Lipinski definition) is 5. The molecule has 172 valence electrons. The van der Waals surface area contributed by atoms with E-state index in [9.17, 15) is 4.79 Å². The molecule has 30 heavy (non-hydrogen) atoms. The minimum absolute atomic E-state index is 0. The molecule has 1 fully saturated rings. The van der Waals surface area contributed by atoms with Crippen LogP contribution in [-0.4, -0.2) is 91.4 Å². The molecule has 0 saturated carbocycles. The second-order valence-corrected chi connectivity index (χ2v) is 7.92. The van der Waals surface area contributed by atoms with E-state index in [0.29, 0.717) is 12.6 Å². The van der Waals surface area contributed by atoms with Gasteiger partial charge < -0.3 is 20.9 Å². The van der Waals surface area contributed by atoms with Crippen LogP contribution >= 0.6 is 24.0 Å². The van der Waals surface area contributed by atoms with Gasteiger partial charge in [-0.25, -0.2) is 0 Å². The van der Waals surface area contributed by atoms with Crippen LogP contribution < -0.4 is 16.0 Å². The number of likely N-dealkylation sites (N-methyl/N-ethyl adjacent to an activating group) is 1. The van der Waals surface area contributed by atoms with Gasteiger partial charge in [-0.3, -0.25) is 19.4 Å². The number of carbonyl (C=O) groups excluding carboxylic acids is 1. The number of likely N-dealkylation sites (tertiary alicyclic amines) is 1. The Kier molecular flexibility index (Phi) is 12.3. The first-order valence-electron chi connectivity index (χ1n) is 10.5. The fourth-order valence-electron chi connectivity index (χ4n) is 3.55. The molecule has 9 nitrogen and oxygen atoms in total. The van der Waals surface area contributed by atoms with E-state index < -0.39 is 0 Å². The van der Waals surface area contributed by atoms with Gasteiger partial charge in [0.1, 0.15) is 0 Å². The molecule has 0 aliphatic carbocycles. The first-order chi connectivity index (χ1) is 13.9. The van der Waals surface area contributed by atoms with Crippen LogP contribution in [0.4, 0.5) is 0 Å². The zero-order chi connectivity index (χ0) is 21.2. The van der Waals surface area contributed by atoms with Crippen LogP contribution in [0.3, 0.4) is 0 Å². The molecule has 1 atom stereocenters. The average molecular weight is 534 g/mol. The lowest BCUT2D eigenvalue weighted by Gasteiger charge is -2.33. The molecule has 0 bridgehead atoms. The topological polar surface area (TPSA) is 89.8 Å². The lowest BCUT2D eigenvalue weighted by Crippen LogP contribution is -2.51. The number of guanidine groups is 1. The van der Waals surface area contributed by atoms with Crippen LogP contribution in [0.2, 0.25) is 0 Å². The molecule has 2 heterocycles. The molecule has 10 heteroatoms. The fraction of sp³-hybridized carbons (Fsp3) is 0.750. The molecule has 1 aliphatic heterocycles.